The zero-order valence-electron chi connectivity index (χ0n) is 12.8. The van der Waals surface area contributed by atoms with Crippen molar-refractivity contribution < 1.29 is 23.9 Å². The first-order chi connectivity index (χ1) is 11.0. The van der Waals surface area contributed by atoms with E-state index in [0.29, 0.717) is 31.5 Å². The van der Waals surface area contributed by atoms with Gasteiger partial charge in [0.05, 0.1) is 5.69 Å². The Labute approximate surface area is 133 Å². The third-order valence-electron chi connectivity index (χ3n) is 4.66. The third kappa shape index (κ3) is 2.95. The fourth-order valence-corrected chi connectivity index (χ4v) is 3.33. The van der Waals surface area contributed by atoms with E-state index in [9.17, 15) is 19.5 Å². The SMILES string of the molecule is O=C(NC1(C(=O)O)CCCCC1)c1cc(N2CCCC2=O)co1. The molecule has 0 atom stereocenters. The zero-order valence-corrected chi connectivity index (χ0v) is 12.8. The van der Waals surface area contributed by atoms with Crippen LogP contribution in [0, 0.1) is 0 Å². The maximum Gasteiger partial charge on any atom is 0.329 e. The molecule has 2 N–H and O–H groups in total. The molecular weight excluding hydrogens is 300 g/mol. The molecule has 1 aliphatic heterocycles. The van der Waals surface area contributed by atoms with Crippen LogP contribution in [0.15, 0.2) is 16.7 Å². The Bertz CT molecular complexity index is 630. The zero-order chi connectivity index (χ0) is 16.4. The van der Waals surface area contributed by atoms with Gasteiger partial charge in [-0.25, -0.2) is 4.79 Å². The molecule has 1 saturated heterocycles. The lowest BCUT2D eigenvalue weighted by Crippen LogP contribution is -2.55. The highest BCUT2D eigenvalue weighted by atomic mass is 16.4. The number of hydrogen-bond donors (Lipinski definition) is 2. The van der Waals surface area contributed by atoms with Gasteiger partial charge in [-0.15, -0.1) is 0 Å². The Morgan fingerprint density at radius 3 is 2.57 bits per heavy atom. The molecule has 2 amide bonds. The van der Waals surface area contributed by atoms with E-state index >= 15 is 0 Å². The topological polar surface area (TPSA) is 99.9 Å². The fourth-order valence-electron chi connectivity index (χ4n) is 3.33. The first-order valence-electron chi connectivity index (χ1n) is 7.97. The van der Waals surface area contributed by atoms with Gasteiger partial charge in [0, 0.05) is 19.0 Å². The summed E-state index contributed by atoms with van der Waals surface area (Å²) in [6, 6.07) is 1.50. The van der Waals surface area contributed by atoms with Gasteiger partial charge in [-0.3, -0.25) is 9.59 Å². The highest BCUT2D eigenvalue weighted by molar-refractivity contribution is 5.99. The van der Waals surface area contributed by atoms with Crippen LogP contribution in [0.3, 0.4) is 0 Å². The second-order valence-electron chi connectivity index (χ2n) is 6.22. The molecule has 2 aliphatic rings. The Balaban J connectivity index is 1.74. The number of amides is 2. The highest BCUT2D eigenvalue weighted by Gasteiger charge is 2.41. The van der Waals surface area contributed by atoms with Gasteiger partial charge in [-0.1, -0.05) is 19.3 Å². The molecule has 1 aromatic heterocycles. The van der Waals surface area contributed by atoms with Gasteiger partial charge in [0.2, 0.25) is 5.91 Å². The smallest absolute Gasteiger partial charge is 0.329 e. The Morgan fingerprint density at radius 2 is 1.96 bits per heavy atom. The molecule has 2 heterocycles. The van der Waals surface area contributed by atoms with Crippen molar-refractivity contribution in [2.75, 3.05) is 11.4 Å². The van der Waals surface area contributed by atoms with E-state index in [2.05, 4.69) is 5.32 Å². The summed E-state index contributed by atoms with van der Waals surface area (Å²) in [7, 11) is 0. The number of anilines is 1. The molecule has 0 spiro atoms. The molecule has 7 nitrogen and oxygen atoms in total. The van der Waals surface area contributed by atoms with Crippen molar-refractivity contribution in [3.05, 3.63) is 18.1 Å². The first-order valence-corrected chi connectivity index (χ1v) is 7.97. The number of carboxylic acid groups (broad SMARTS) is 1. The number of aliphatic carboxylic acids is 1. The Morgan fingerprint density at radius 1 is 1.22 bits per heavy atom. The van der Waals surface area contributed by atoms with E-state index in [-0.39, 0.29) is 11.7 Å². The number of nitrogens with one attached hydrogen (secondary N) is 1. The van der Waals surface area contributed by atoms with Crippen LogP contribution in [0.5, 0.6) is 0 Å². The van der Waals surface area contributed by atoms with E-state index in [0.717, 1.165) is 25.7 Å². The predicted molar refractivity (Wildman–Crippen MR) is 81.2 cm³/mol. The van der Waals surface area contributed by atoms with Gasteiger partial charge in [-0.2, -0.15) is 0 Å². The molecule has 0 aromatic carbocycles. The van der Waals surface area contributed by atoms with Crippen LogP contribution in [-0.2, 0) is 9.59 Å². The van der Waals surface area contributed by atoms with Gasteiger partial charge >= 0.3 is 5.97 Å². The summed E-state index contributed by atoms with van der Waals surface area (Å²) in [5, 5.41) is 12.1. The number of rotatable bonds is 4. The molecular formula is C16H20N2O5. The number of carboxylic acids is 1. The normalized spacial score (nSPS) is 20.5. The van der Waals surface area contributed by atoms with E-state index in [1.165, 1.54) is 12.3 Å². The molecule has 23 heavy (non-hydrogen) atoms. The molecule has 2 fully saturated rings. The molecule has 0 bridgehead atoms. The standard InChI is InChI=1S/C16H20N2O5/c19-13-5-4-8-18(13)11-9-12(23-10-11)14(20)17-16(15(21)22)6-2-1-3-7-16/h9-10H,1-8H2,(H,17,20)(H,21,22). The summed E-state index contributed by atoms with van der Waals surface area (Å²) in [4.78, 5) is 37.3. The van der Waals surface area contributed by atoms with Gasteiger partial charge in [0.1, 0.15) is 11.8 Å². The molecule has 0 radical (unpaired) electrons. The van der Waals surface area contributed by atoms with Crippen LogP contribution in [0.25, 0.3) is 0 Å². The molecule has 3 rings (SSSR count). The van der Waals surface area contributed by atoms with Crippen LogP contribution in [0.1, 0.15) is 55.5 Å². The van der Waals surface area contributed by atoms with Crippen LogP contribution in [-0.4, -0.2) is 35.0 Å². The summed E-state index contributed by atoms with van der Waals surface area (Å²) >= 11 is 0. The minimum Gasteiger partial charge on any atom is -0.480 e. The summed E-state index contributed by atoms with van der Waals surface area (Å²) in [6.45, 7) is 0.610. The summed E-state index contributed by atoms with van der Waals surface area (Å²) in [6.07, 6.45) is 6.02. The number of nitrogens with zero attached hydrogens (tertiary/aromatic N) is 1. The van der Waals surface area contributed by atoms with Crippen molar-refractivity contribution in [2.24, 2.45) is 0 Å². The average molecular weight is 320 g/mol. The lowest BCUT2D eigenvalue weighted by molar-refractivity contribution is -0.146. The van der Waals surface area contributed by atoms with Crippen LogP contribution in [0.4, 0.5) is 5.69 Å². The van der Waals surface area contributed by atoms with Gasteiger partial charge in [0.15, 0.2) is 5.76 Å². The first kappa shape index (κ1) is 15.6. The van der Waals surface area contributed by atoms with Crippen LogP contribution >= 0.6 is 0 Å². The van der Waals surface area contributed by atoms with Crippen molar-refractivity contribution in [2.45, 2.75) is 50.5 Å². The quantitative estimate of drug-likeness (QED) is 0.883. The fraction of sp³-hybridized carbons (Fsp3) is 0.562. The second kappa shape index (κ2) is 6.06. The summed E-state index contributed by atoms with van der Waals surface area (Å²) < 4.78 is 5.25. The second-order valence-corrected chi connectivity index (χ2v) is 6.22. The molecule has 7 heteroatoms. The van der Waals surface area contributed by atoms with Gasteiger partial charge in [-0.05, 0) is 19.3 Å². The van der Waals surface area contributed by atoms with Crippen LogP contribution < -0.4 is 10.2 Å². The predicted octanol–water partition coefficient (Wildman–Crippen LogP) is 1.92. The maximum absolute atomic E-state index is 12.4. The third-order valence-corrected chi connectivity index (χ3v) is 4.66. The number of carbonyl (C=O) groups is 3. The van der Waals surface area contributed by atoms with Crippen molar-refractivity contribution in [1.82, 2.24) is 5.32 Å². The largest absolute Gasteiger partial charge is 0.480 e. The van der Waals surface area contributed by atoms with E-state index < -0.39 is 17.4 Å². The van der Waals surface area contributed by atoms with Crippen molar-refractivity contribution in [3.63, 3.8) is 0 Å². The lowest BCUT2D eigenvalue weighted by Gasteiger charge is -2.33. The highest BCUT2D eigenvalue weighted by Crippen LogP contribution is 2.30. The summed E-state index contributed by atoms with van der Waals surface area (Å²) in [5.74, 6) is -1.52. The molecule has 124 valence electrons. The van der Waals surface area contributed by atoms with Crippen molar-refractivity contribution in [3.8, 4) is 0 Å². The van der Waals surface area contributed by atoms with Crippen molar-refractivity contribution >= 4 is 23.5 Å². The molecule has 1 saturated carbocycles. The van der Waals surface area contributed by atoms with E-state index in [4.69, 9.17) is 4.42 Å². The lowest BCUT2D eigenvalue weighted by atomic mass is 9.81. The molecule has 1 aromatic rings. The van der Waals surface area contributed by atoms with E-state index in [1.54, 1.807) is 4.90 Å². The number of carbonyl (C=O) groups excluding carboxylic acids is 2. The Kier molecular flexibility index (Phi) is 4.11. The van der Waals surface area contributed by atoms with Crippen LogP contribution in [0.2, 0.25) is 0 Å². The minimum atomic E-state index is -1.22. The Hall–Kier alpha value is -2.31. The van der Waals surface area contributed by atoms with E-state index in [1.807, 2.05) is 0 Å². The molecule has 0 unspecified atom stereocenters. The number of hydrogen-bond acceptors (Lipinski definition) is 4. The average Bonchev–Trinajstić information content (AvgIpc) is 3.16. The minimum absolute atomic E-state index is 0.00652. The maximum atomic E-state index is 12.4. The summed E-state index contributed by atoms with van der Waals surface area (Å²) in [5.41, 5.74) is -0.670. The van der Waals surface area contributed by atoms with Crippen molar-refractivity contribution in [1.29, 1.82) is 0 Å². The number of furan rings is 1. The molecule has 1 aliphatic carbocycles. The monoisotopic (exact) mass is 320 g/mol. The van der Waals surface area contributed by atoms with Gasteiger partial charge < -0.3 is 19.7 Å². The van der Waals surface area contributed by atoms with Gasteiger partial charge in [0.25, 0.3) is 5.91 Å².